The van der Waals surface area contributed by atoms with Gasteiger partial charge in [0.15, 0.2) is 0 Å². The third kappa shape index (κ3) is 6.17. The summed E-state index contributed by atoms with van der Waals surface area (Å²) in [6, 6.07) is 5.79. The summed E-state index contributed by atoms with van der Waals surface area (Å²) < 4.78 is 4.87. The lowest BCUT2D eigenvalue weighted by molar-refractivity contribution is -0.122. The molecule has 0 aliphatic carbocycles. The summed E-state index contributed by atoms with van der Waals surface area (Å²) in [5.41, 5.74) is 0.930. The summed E-state index contributed by atoms with van der Waals surface area (Å²) in [6.07, 6.45) is 0. The lowest BCUT2D eigenvalue weighted by Gasteiger charge is -2.16. The summed E-state index contributed by atoms with van der Waals surface area (Å²) >= 11 is 0. The van der Waals surface area contributed by atoms with Crippen molar-refractivity contribution in [2.75, 3.05) is 46.2 Å². The fourth-order valence-corrected chi connectivity index (χ4v) is 1.63. The molecule has 0 radical (unpaired) electrons. The van der Waals surface area contributed by atoms with Crippen LogP contribution in [0.1, 0.15) is 5.69 Å². The van der Waals surface area contributed by atoms with E-state index in [-0.39, 0.29) is 5.91 Å². The van der Waals surface area contributed by atoms with Crippen LogP contribution in [0, 0.1) is 0 Å². The topological polar surface area (TPSA) is 66.5 Å². The van der Waals surface area contributed by atoms with Gasteiger partial charge < -0.3 is 15.4 Å². The first kappa shape index (κ1) is 15.4. The molecule has 0 aliphatic rings. The Morgan fingerprint density at radius 3 is 2.95 bits per heavy atom. The van der Waals surface area contributed by atoms with Crippen LogP contribution >= 0.6 is 0 Å². The molecule has 106 valence electrons. The van der Waals surface area contributed by atoms with Crippen LogP contribution in [0.15, 0.2) is 18.2 Å². The number of likely N-dealkylation sites (N-methyl/N-ethyl adjacent to an activating group) is 1. The highest BCUT2D eigenvalue weighted by Crippen LogP contribution is 2.05. The van der Waals surface area contributed by atoms with Crippen molar-refractivity contribution < 1.29 is 9.53 Å². The second-order valence-corrected chi connectivity index (χ2v) is 4.28. The first-order valence-electron chi connectivity index (χ1n) is 6.23. The number of anilines is 1. The molecule has 0 fully saturated rings. The molecule has 0 spiro atoms. The number of ether oxygens (including phenoxy) is 1. The van der Waals surface area contributed by atoms with E-state index in [1.54, 1.807) is 7.11 Å². The van der Waals surface area contributed by atoms with Gasteiger partial charge in [0.1, 0.15) is 5.82 Å². The summed E-state index contributed by atoms with van der Waals surface area (Å²) in [5, 5.41) is 5.78. The van der Waals surface area contributed by atoms with Crippen molar-refractivity contribution in [3.8, 4) is 0 Å². The Morgan fingerprint density at radius 2 is 2.26 bits per heavy atom. The molecule has 19 heavy (non-hydrogen) atoms. The zero-order valence-corrected chi connectivity index (χ0v) is 11.8. The molecule has 1 aromatic heterocycles. The van der Waals surface area contributed by atoms with Crippen LogP contribution < -0.4 is 10.6 Å². The molecule has 0 saturated heterocycles. The highest BCUT2D eigenvalue weighted by molar-refractivity contribution is 5.77. The Labute approximate surface area is 114 Å². The lowest BCUT2D eigenvalue weighted by atomic mass is 10.3. The second kappa shape index (κ2) is 8.44. The van der Waals surface area contributed by atoms with E-state index < -0.39 is 0 Å². The largest absolute Gasteiger partial charge is 0.383 e. The van der Waals surface area contributed by atoms with Gasteiger partial charge in [-0.2, -0.15) is 0 Å². The molecule has 2 N–H and O–H groups in total. The predicted octanol–water partition coefficient (Wildman–Crippen LogP) is 0.318. The van der Waals surface area contributed by atoms with Crippen LogP contribution in [-0.2, 0) is 16.1 Å². The number of nitrogens with zero attached hydrogens (tertiary/aromatic N) is 2. The van der Waals surface area contributed by atoms with Gasteiger partial charge in [-0.05, 0) is 19.2 Å². The minimum Gasteiger partial charge on any atom is -0.383 e. The van der Waals surface area contributed by atoms with E-state index in [0.29, 0.717) is 26.2 Å². The highest BCUT2D eigenvalue weighted by atomic mass is 16.5. The van der Waals surface area contributed by atoms with Crippen molar-refractivity contribution in [2.45, 2.75) is 6.54 Å². The van der Waals surface area contributed by atoms with Gasteiger partial charge >= 0.3 is 0 Å². The smallest absolute Gasteiger partial charge is 0.234 e. The standard InChI is InChI=1S/C13H22N4O2/c1-14-12-6-4-5-11(16-12)9-17(2)10-13(18)15-7-8-19-3/h4-6H,7-10H2,1-3H3,(H,14,16)(H,15,18). The van der Waals surface area contributed by atoms with Crippen LogP contribution in [0.3, 0.4) is 0 Å². The van der Waals surface area contributed by atoms with E-state index in [1.807, 2.05) is 37.2 Å². The van der Waals surface area contributed by atoms with Crippen molar-refractivity contribution in [1.29, 1.82) is 0 Å². The Bertz CT molecular complexity index is 398. The van der Waals surface area contributed by atoms with Crippen molar-refractivity contribution in [1.82, 2.24) is 15.2 Å². The van der Waals surface area contributed by atoms with Gasteiger partial charge in [-0.25, -0.2) is 4.98 Å². The van der Waals surface area contributed by atoms with Gasteiger partial charge in [0.25, 0.3) is 0 Å². The molecule has 0 saturated carbocycles. The van der Waals surface area contributed by atoms with Gasteiger partial charge in [-0.15, -0.1) is 0 Å². The maximum atomic E-state index is 11.6. The molecule has 0 aliphatic heterocycles. The monoisotopic (exact) mass is 266 g/mol. The maximum absolute atomic E-state index is 11.6. The van der Waals surface area contributed by atoms with Gasteiger partial charge in [0.05, 0.1) is 18.8 Å². The number of aromatic nitrogens is 1. The first-order valence-corrected chi connectivity index (χ1v) is 6.23. The number of amides is 1. The zero-order chi connectivity index (χ0) is 14.1. The fraction of sp³-hybridized carbons (Fsp3) is 0.538. The van der Waals surface area contributed by atoms with E-state index in [1.165, 1.54) is 0 Å². The number of methoxy groups -OCH3 is 1. The normalized spacial score (nSPS) is 10.5. The summed E-state index contributed by atoms with van der Waals surface area (Å²) in [6.45, 7) is 2.04. The molecule has 1 amide bonds. The first-order chi connectivity index (χ1) is 9.15. The van der Waals surface area contributed by atoms with Crippen molar-refractivity contribution in [3.63, 3.8) is 0 Å². The molecule has 0 unspecified atom stereocenters. The molecule has 0 aromatic carbocycles. The lowest BCUT2D eigenvalue weighted by Crippen LogP contribution is -2.36. The summed E-state index contributed by atoms with van der Waals surface area (Å²) in [7, 11) is 5.33. The molecule has 1 heterocycles. The molecular formula is C13H22N4O2. The van der Waals surface area contributed by atoms with E-state index in [2.05, 4.69) is 15.6 Å². The maximum Gasteiger partial charge on any atom is 0.234 e. The van der Waals surface area contributed by atoms with Crippen LogP contribution in [0.2, 0.25) is 0 Å². The average molecular weight is 266 g/mol. The number of nitrogens with one attached hydrogen (secondary N) is 2. The van der Waals surface area contributed by atoms with Crippen LogP contribution in [0.25, 0.3) is 0 Å². The van der Waals surface area contributed by atoms with Crippen LogP contribution in [-0.4, -0.2) is 56.7 Å². The number of hydrogen-bond acceptors (Lipinski definition) is 5. The van der Waals surface area contributed by atoms with Crippen LogP contribution in [0.4, 0.5) is 5.82 Å². The fourth-order valence-electron chi connectivity index (χ4n) is 1.63. The average Bonchev–Trinajstić information content (AvgIpc) is 2.39. The minimum atomic E-state index is -0.00989. The molecule has 0 bridgehead atoms. The second-order valence-electron chi connectivity index (χ2n) is 4.28. The van der Waals surface area contributed by atoms with Gasteiger partial charge in [-0.3, -0.25) is 9.69 Å². The highest BCUT2D eigenvalue weighted by Gasteiger charge is 2.07. The third-order valence-corrected chi connectivity index (χ3v) is 2.54. The van der Waals surface area contributed by atoms with Crippen LogP contribution in [0.5, 0.6) is 0 Å². The van der Waals surface area contributed by atoms with Gasteiger partial charge in [0.2, 0.25) is 5.91 Å². The van der Waals surface area contributed by atoms with E-state index in [9.17, 15) is 4.79 Å². The number of pyridine rings is 1. The molecule has 1 rings (SSSR count). The SMILES string of the molecule is CNc1cccc(CN(C)CC(=O)NCCOC)n1. The molecule has 0 atom stereocenters. The summed E-state index contributed by atoms with van der Waals surface area (Å²) in [5.74, 6) is 0.819. The minimum absolute atomic E-state index is 0.00989. The molecular weight excluding hydrogens is 244 g/mol. The van der Waals surface area contributed by atoms with E-state index >= 15 is 0 Å². The quantitative estimate of drug-likeness (QED) is 0.663. The van der Waals surface area contributed by atoms with Crippen molar-refractivity contribution in [2.24, 2.45) is 0 Å². The predicted molar refractivity (Wildman–Crippen MR) is 75.0 cm³/mol. The number of carbonyl (C=O) groups is 1. The number of carbonyl (C=O) groups excluding carboxylic acids is 1. The Hall–Kier alpha value is -1.66. The Morgan fingerprint density at radius 1 is 1.47 bits per heavy atom. The Balaban J connectivity index is 2.37. The van der Waals surface area contributed by atoms with E-state index in [4.69, 9.17) is 4.74 Å². The molecule has 6 heteroatoms. The third-order valence-electron chi connectivity index (χ3n) is 2.54. The number of hydrogen-bond donors (Lipinski definition) is 2. The molecule has 1 aromatic rings. The van der Waals surface area contributed by atoms with Gasteiger partial charge in [0, 0.05) is 27.2 Å². The zero-order valence-electron chi connectivity index (χ0n) is 11.8. The molecule has 6 nitrogen and oxygen atoms in total. The number of rotatable bonds is 8. The Kier molecular flexibility index (Phi) is 6.84. The summed E-state index contributed by atoms with van der Waals surface area (Å²) in [4.78, 5) is 17.9. The van der Waals surface area contributed by atoms with Gasteiger partial charge in [-0.1, -0.05) is 6.07 Å². The van der Waals surface area contributed by atoms with Crippen molar-refractivity contribution in [3.05, 3.63) is 23.9 Å². The van der Waals surface area contributed by atoms with E-state index in [0.717, 1.165) is 11.5 Å². The van der Waals surface area contributed by atoms with Crippen molar-refractivity contribution >= 4 is 11.7 Å².